The number of carbonyl (C=O) groups excluding carboxylic acids is 1. The fraction of sp³-hybridized carbons (Fsp3) is 0.188. The number of amides is 1. The SMILES string of the molecule is Cc1ccccc1CC(=O)Nc1nnc(SCc2cccs2)s1. The molecule has 23 heavy (non-hydrogen) atoms. The molecule has 118 valence electrons. The molecule has 1 amide bonds. The van der Waals surface area contributed by atoms with Gasteiger partial charge in [0, 0.05) is 10.6 Å². The van der Waals surface area contributed by atoms with Crippen molar-refractivity contribution in [1.82, 2.24) is 10.2 Å². The van der Waals surface area contributed by atoms with Gasteiger partial charge in [0.05, 0.1) is 6.42 Å². The van der Waals surface area contributed by atoms with E-state index in [1.165, 1.54) is 16.2 Å². The first-order chi connectivity index (χ1) is 11.2. The first kappa shape index (κ1) is 16.2. The maximum Gasteiger partial charge on any atom is 0.230 e. The summed E-state index contributed by atoms with van der Waals surface area (Å²) in [5.74, 6) is 0.814. The van der Waals surface area contributed by atoms with Crippen molar-refractivity contribution in [2.75, 3.05) is 5.32 Å². The number of aryl methyl sites for hydroxylation is 1. The minimum atomic E-state index is -0.0646. The standard InChI is InChI=1S/C16H15N3OS3/c1-11-5-2-3-6-12(11)9-14(20)17-15-18-19-16(23-15)22-10-13-7-4-8-21-13/h2-8H,9-10H2,1H3,(H,17,18,20). The van der Waals surface area contributed by atoms with Crippen LogP contribution in [-0.2, 0) is 17.0 Å². The Balaban J connectivity index is 1.54. The fourth-order valence-corrected chi connectivity index (χ4v) is 4.53. The van der Waals surface area contributed by atoms with Crippen LogP contribution in [0.25, 0.3) is 0 Å². The van der Waals surface area contributed by atoms with Gasteiger partial charge in [-0.25, -0.2) is 0 Å². The van der Waals surface area contributed by atoms with Crippen molar-refractivity contribution in [1.29, 1.82) is 0 Å². The number of carbonyl (C=O) groups is 1. The van der Waals surface area contributed by atoms with E-state index < -0.39 is 0 Å². The van der Waals surface area contributed by atoms with Gasteiger partial charge in [-0.15, -0.1) is 21.5 Å². The van der Waals surface area contributed by atoms with E-state index in [4.69, 9.17) is 0 Å². The molecular weight excluding hydrogens is 346 g/mol. The molecule has 7 heteroatoms. The van der Waals surface area contributed by atoms with Crippen molar-refractivity contribution >= 4 is 45.5 Å². The maximum atomic E-state index is 12.1. The van der Waals surface area contributed by atoms with Crippen molar-refractivity contribution < 1.29 is 4.79 Å². The maximum absolute atomic E-state index is 12.1. The number of benzene rings is 1. The molecule has 0 unspecified atom stereocenters. The molecular formula is C16H15N3OS3. The zero-order chi connectivity index (χ0) is 16.1. The van der Waals surface area contributed by atoms with Gasteiger partial charge < -0.3 is 5.32 Å². The average molecular weight is 362 g/mol. The largest absolute Gasteiger partial charge is 0.300 e. The van der Waals surface area contributed by atoms with Crippen LogP contribution in [0.4, 0.5) is 5.13 Å². The van der Waals surface area contributed by atoms with Crippen molar-refractivity contribution in [3.05, 3.63) is 57.8 Å². The molecule has 0 radical (unpaired) electrons. The highest BCUT2D eigenvalue weighted by Crippen LogP contribution is 2.29. The molecule has 0 atom stereocenters. The summed E-state index contributed by atoms with van der Waals surface area (Å²) in [5, 5.41) is 13.6. The third-order valence-electron chi connectivity index (χ3n) is 3.18. The van der Waals surface area contributed by atoms with Crippen molar-refractivity contribution in [3.8, 4) is 0 Å². The molecule has 3 aromatic rings. The van der Waals surface area contributed by atoms with Crippen molar-refractivity contribution in [3.63, 3.8) is 0 Å². The summed E-state index contributed by atoms with van der Waals surface area (Å²) in [4.78, 5) is 13.4. The van der Waals surface area contributed by atoms with E-state index in [2.05, 4.69) is 27.0 Å². The predicted octanol–water partition coefficient (Wildman–Crippen LogP) is 4.38. The van der Waals surface area contributed by atoms with Crippen LogP contribution in [0, 0.1) is 6.92 Å². The van der Waals surface area contributed by atoms with Gasteiger partial charge in [-0.05, 0) is 29.5 Å². The third kappa shape index (κ3) is 4.63. The molecule has 0 fully saturated rings. The zero-order valence-corrected chi connectivity index (χ0v) is 14.9. The summed E-state index contributed by atoms with van der Waals surface area (Å²) in [6.45, 7) is 2.01. The number of anilines is 1. The number of nitrogens with one attached hydrogen (secondary N) is 1. The van der Waals surface area contributed by atoms with Crippen LogP contribution >= 0.6 is 34.4 Å². The van der Waals surface area contributed by atoms with E-state index >= 15 is 0 Å². The van der Waals surface area contributed by atoms with Crippen LogP contribution in [0.3, 0.4) is 0 Å². The summed E-state index contributed by atoms with van der Waals surface area (Å²) < 4.78 is 0.865. The van der Waals surface area contributed by atoms with E-state index in [0.717, 1.165) is 21.2 Å². The lowest BCUT2D eigenvalue weighted by atomic mass is 10.1. The smallest absolute Gasteiger partial charge is 0.230 e. The lowest BCUT2D eigenvalue weighted by molar-refractivity contribution is -0.115. The molecule has 0 aliphatic carbocycles. The van der Waals surface area contributed by atoms with Crippen molar-refractivity contribution in [2.45, 2.75) is 23.4 Å². The van der Waals surface area contributed by atoms with Crippen LogP contribution in [-0.4, -0.2) is 16.1 Å². The highest BCUT2D eigenvalue weighted by atomic mass is 32.2. The molecule has 4 nitrogen and oxygen atoms in total. The van der Waals surface area contributed by atoms with E-state index in [1.807, 2.05) is 37.3 Å². The van der Waals surface area contributed by atoms with Gasteiger partial charge in [0.15, 0.2) is 4.34 Å². The second-order valence-electron chi connectivity index (χ2n) is 4.89. The molecule has 0 spiro atoms. The second-order valence-corrected chi connectivity index (χ2v) is 8.12. The topological polar surface area (TPSA) is 54.9 Å². The van der Waals surface area contributed by atoms with E-state index in [0.29, 0.717) is 11.6 Å². The van der Waals surface area contributed by atoms with Crippen LogP contribution in [0.15, 0.2) is 46.1 Å². The summed E-state index contributed by atoms with van der Waals surface area (Å²) >= 11 is 4.78. The zero-order valence-electron chi connectivity index (χ0n) is 12.5. The lowest BCUT2D eigenvalue weighted by Gasteiger charge is -2.04. The Bertz CT molecular complexity index is 783. The molecule has 1 aromatic carbocycles. The molecule has 0 aliphatic rings. The Morgan fingerprint density at radius 1 is 1.22 bits per heavy atom. The number of hydrogen-bond donors (Lipinski definition) is 1. The Kier molecular flexibility index (Phi) is 5.43. The number of hydrogen-bond acceptors (Lipinski definition) is 6. The normalized spacial score (nSPS) is 10.7. The Labute approximate surface area is 147 Å². The second kappa shape index (κ2) is 7.72. The van der Waals surface area contributed by atoms with Crippen LogP contribution in [0.5, 0.6) is 0 Å². The third-order valence-corrected chi connectivity index (χ3v) is 6.26. The van der Waals surface area contributed by atoms with Gasteiger partial charge in [0.25, 0.3) is 0 Å². The Hall–Kier alpha value is -1.70. The molecule has 0 bridgehead atoms. The van der Waals surface area contributed by atoms with Gasteiger partial charge in [-0.2, -0.15) is 0 Å². The van der Waals surface area contributed by atoms with Gasteiger partial charge in [0.2, 0.25) is 11.0 Å². The predicted molar refractivity (Wildman–Crippen MR) is 97.3 cm³/mol. The van der Waals surface area contributed by atoms with Gasteiger partial charge in [-0.1, -0.05) is 53.4 Å². The van der Waals surface area contributed by atoms with E-state index in [1.54, 1.807) is 23.1 Å². The molecule has 1 N–H and O–H groups in total. The monoisotopic (exact) mass is 361 g/mol. The summed E-state index contributed by atoms with van der Waals surface area (Å²) in [6.07, 6.45) is 0.351. The number of thiophene rings is 1. The average Bonchev–Trinajstić information content (AvgIpc) is 3.19. The number of aromatic nitrogens is 2. The fourth-order valence-electron chi connectivity index (χ4n) is 1.99. The molecule has 2 heterocycles. The lowest BCUT2D eigenvalue weighted by Crippen LogP contribution is -2.14. The summed E-state index contributed by atoms with van der Waals surface area (Å²) in [5.41, 5.74) is 2.15. The van der Waals surface area contributed by atoms with E-state index in [-0.39, 0.29) is 5.91 Å². The molecule has 3 rings (SSSR count). The highest BCUT2D eigenvalue weighted by Gasteiger charge is 2.10. The Morgan fingerprint density at radius 3 is 2.87 bits per heavy atom. The minimum Gasteiger partial charge on any atom is -0.300 e. The Morgan fingerprint density at radius 2 is 2.09 bits per heavy atom. The number of nitrogens with zero attached hydrogens (tertiary/aromatic N) is 2. The molecule has 0 saturated heterocycles. The molecule has 2 aromatic heterocycles. The van der Waals surface area contributed by atoms with Crippen LogP contribution in [0.1, 0.15) is 16.0 Å². The summed E-state index contributed by atoms with van der Waals surface area (Å²) in [6, 6.07) is 12.0. The first-order valence-corrected chi connectivity index (χ1v) is 9.72. The first-order valence-electron chi connectivity index (χ1n) is 7.04. The number of thioether (sulfide) groups is 1. The van der Waals surface area contributed by atoms with Crippen LogP contribution in [0.2, 0.25) is 0 Å². The van der Waals surface area contributed by atoms with Gasteiger partial charge in [-0.3, -0.25) is 4.79 Å². The quantitative estimate of drug-likeness (QED) is 0.523. The highest BCUT2D eigenvalue weighted by molar-refractivity contribution is 8.00. The summed E-state index contributed by atoms with van der Waals surface area (Å²) in [7, 11) is 0. The van der Waals surface area contributed by atoms with Gasteiger partial charge in [0.1, 0.15) is 0 Å². The molecule has 0 saturated carbocycles. The van der Waals surface area contributed by atoms with Crippen LogP contribution < -0.4 is 5.32 Å². The minimum absolute atomic E-state index is 0.0646. The van der Waals surface area contributed by atoms with E-state index in [9.17, 15) is 4.79 Å². The van der Waals surface area contributed by atoms with Crippen molar-refractivity contribution in [2.24, 2.45) is 0 Å². The number of rotatable bonds is 6. The van der Waals surface area contributed by atoms with Gasteiger partial charge >= 0.3 is 0 Å². The molecule has 0 aliphatic heterocycles.